The summed E-state index contributed by atoms with van der Waals surface area (Å²) in [6, 6.07) is 6.55. The third-order valence-electron chi connectivity index (χ3n) is 3.00. The number of rotatable bonds is 4. The molecular weight excluding hydrogens is 299 g/mol. The summed E-state index contributed by atoms with van der Waals surface area (Å²) in [5, 5.41) is 0. The summed E-state index contributed by atoms with van der Waals surface area (Å²) < 4.78 is 49.5. The third-order valence-corrected chi connectivity index (χ3v) is 3.00. The second-order valence-corrected chi connectivity index (χ2v) is 4.32. The normalized spacial score (nSPS) is 11.2. The molecule has 8 heteroatoms. The topological polar surface area (TPSA) is 47.5 Å². The molecule has 0 fully saturated rings. The van der Waals surface area contributed by atoms with Gasteiger partial charge >= 0.3 is 12.2 Å². The average molecular weight is 313 g/mol. The van der Waals surface area contributed by atoms with Gasteiger partial charge in [-0.15, -0.1) is 0 Å². The first-order valence-electron chi connectivity index (χ1n) is 6.23. The van der Waals surface area contributed by atoms with Gasteiger partial charge in [-0.05, 0) is 12.1 Å². The SMILES string of the molecule is COc1ncc(C(F)(F)F)c(N(C)c2ccccc2OC)n1. The molecule has 0 aliphatic rings. The Hall–Kier alpha value is -2.51. The molecule has 5 nitrogen and oxygen atoms in total. The number of halogens is 3. The van der Waals surface area contributed by atoms with E-state index in [9.17, 15) is 13.2 Å². The molecule has 0 bridgehead atoms. The number of aromatic nitrogens is 2. The first-order chi connectivity index (χ1) is 10.4. The maximum Gasteiger partial charge on any atom is 0.421 e. The lowest BCUT2D eigenvalue weighted by Crippen LogP contribution is -2.19. The first-order valence-corrected chi connectivity index (χ1v) is 6.23. The van der Waals surface area contributed by atoms with Gasteiger partial charge in [-0.25, -0.2) is 4.98 Å². The van der Waals surface area contributed by atoms with Gasteiger partial charge in [-0.2, -0.15) is 18.2 Å². The zero-order chi connectivity index (χ0) is 16.3. The smallest absolute Gasteiger partial charge is 0.421 e. The maximum atomic E-state index is 13.2. The Kier molecular flexibility index (Phi) is 4.39. The number of hydrogen-bond donors (Lipinski definition) is 0. The van der Waals surface area contributed by atoms with Gasteiger partial charge in [0.1, 0.15) is 11.3 Å². The highest BCUT2D eigenvalue weighted by molar-refractivity contribution is 5.68. The number of ether oxygens (including phenoxy) is 2. The van der Waals surface area contributed by atoms with Crippen LogP contribution in [0.4, 0.5) is 24.7 Å². The maximum absolute atomic E-state index is 13.2. The highest BCUT2D eigenvalue weighted by atomic mass is 19.4. The lowest BCUT2D eigenvalue weighted by Gasteiger charge is -2.23. The van der Waals surface area contributed by atoms with E-state index in [1.165, 1.54) is 26.2 Å². The number of benzene rings is 1. The van der Waals surface area contributed by atoms with Gasteiger partial charge in [0, 0.05) is 13.2 Å². The van der Waals surface area contributed by atoms with Gasteiger partial charge in [0.05, 0.1) is 19.9 Å². The molecule has 0 atom stereocenters. The van der Waals surface area contributed by atoms with Crippen molar-refractivity contribution >= 4 is 11.5 Å². The van der Waals surface area contributed by atoms with E-state index in [0.717, 1.165) is 0 Å². The molecule has 0 spiro atoms. The molecule has 0 aliphatic carbocycles. The number of nitrogens with zero attached hydrogens (tertiary/aromatic N) is 3. The summed E-state index contributed by atoms with van der Waals surface area (Å²) in [7, 11) is 4.20. The summed E-state index contributed by atoms with van der Waals surface area (Å²) in [4.78, 5) is 8.64. The number of methoxy groups -OCH3 is 2. The molecule has 0 saturated heterocycles. The van der Waals surface area contributed by atoms with Crippen LogP contribution < -0.4 is 14.4 Å². The number of anilines is 2. The van der Waals surface area contributed by atoms with Crippen molar-refractivity contribution in [2.75, 3.05) is 26.2 Å². The van der Waals surface area contributed by atoms with Gasteiger partial charge < -0.3 is 14.4 Å². The van der Waals surface area contributed by atoms with Crippen molar-refractivity contribution in [2.24, 2.45) is 0 Å². The van der Waals surface area contributed by atoms with Gasteiger partial charge in [0.25, 0.3) is 0 Å². The van der Waals surface area contributed by atoms with Gasteiger partial charge in [-0.3, -0.25) is 0 Å². The number of hydrogen-bond acceptors (Lipinski definition) is 5. The molecular formula is C14H14F3N3O2. The van der Waals surface area contributed by atoms with E-state index in [1.807, 2.05) is 0 Å². The van der Waals surface area contributed by atoms with Gasteiger partial charge in [0.15, 0.2) is 5.82 Å². The predicted octanol–water partition coefficient (Wildman–Crippen LogP) is 3.28. The zero-order valence-electron chi connectivity index (χ0n) is 12.2. The molecule has 22 heavy (non-hydrogen) atoms. The molecule has 0 amide bonds. The van der Waals surface area contributed by atoms with Crippen molar-refractivity contribution in [1.82, 2.24) is 9.97 Å². The van der Waals surface area contributed by atoms with Crippen LogP contribution in [0.1, 0.15) is 5.56 Å². The minimum absolute atomic E-state index is 0.148. The Morgan fingerprint density at radius 3 is 2.36 bits per heavy atom. The Morgan fingerprint density at radius 1 is 1.09 bits per heavy atom. The monoisotopic (exact) mass is 313 g/mol. The molecule has 1 aromatic heterocycles. The van der Waals surface area contributed by atoms with Crippen molar-refractivity contribution in [3.05, 3.63) is 36.0 Å². The summed E-state index contributed by atoms with van der Waals surface area (Å²) in [5.41, 5.74) is -0.516. The molecule has 2 rings (SSSR count). The van der Waals surface area contributed by atoms with Crippen molar-refractivity contribution in [3.8, 4) is 11.8 Å². The zero-order valence-corrected chi connectivity index (χ0v) is 12.2. The summed E-state index contributed by atoms with van der Waals surface area (Å²) in [5.74, 6) is 0.111. The molecule has 0 N–H and O–H groups in total. The summed E-state index contributed by atoms with van der Waals surface area (Å²) >= 11 is 0. The van der Waals surface area contributed by atoms with E-state index in [0.29, 0.717) is 17.6 Å². The fourth-order valence-corrected chi connectivity index (χ4v) is 1.93. The second-order valence-electron chi connectivity index (χ2n) is 4.32. The van der Waals surface area contributed by atoms with Crippen molar-refractivity contribution in [1.29, 1.82) is 0 Å². The highest BCUT2D eigenvalue weighted by Crippen LogP contribution is 2.39. The van der Waals surface area contributed by atoms with Crippen LogP contribution in [0, 0.1) is 0 Å². The fraction of sp³-hybridized carbons (Fsp3) is 0.286. The van der Waals surface area contributed by atoms with Crippen LogP contribution >= 0.6 is 0 Å². The predicted molar refractivity (Wildman–Crippen MR) is 74.6 cm³/mol. The molecule has 1 aromatic carbocycles. The third kappa shape index (κ3) is 3.05. The van der Waals surface area contributed by atoms with Crippen LogP contribution in [0.15, 0.2) is 30.5 Å². The van der Waals surface area contributed by atoms with Gasteiger partial charge in [-0.1, -0.05) is 12.1 Å². The quantitative estimate of drug-likeness (QED) is 0.867. The van der Waals surface area contributed by atoms with Crippen molar-refractivity contribution in [3.63, 3.8) is 0 Å². The van der Waals surface area contributed by atoms with E-state index in [-0.39, 0.29) is 11.8 Å². The molecule has 118 valence electrons. The lowest BCUT2D eigenvalue weighted by atomic mass is 10.2. The lowest BCUT2D eigenvalue weighted by molar-refractivity contribution is -0.137. The van der Waals surface area contributed by atoms with E-state index in [4.69, 9.17) is 9.47 Å². The highest BCUT2D eigenvalue weighted by Gasteiger charge is 2.37. The van der Waals surface area contributed by atoms with E-state index >= 15 is 0 Å². The average Bonchev–Trinajstić information content (AvgIpc) is 2.52. The van der Waals surface area contributed by atoms with Crippen molar-refractivity contribution < 1.29 is 22.6 Å². The van der Waals surface area contributed by atoms with Crippen molar-refractivity contribution in [2.45, 2.75) is 6.18 Å². The van der Waals surface area contributed by atoms with E-state index in [1.54, 1.807) is 24.3 Å². The fourth-order valence-electron chi connectivity index (χ4n) is 1.93. The minimum Gasteiger partial charge on any atom is -0.495 e. The molecule has 0 aliphatic heterocycles. The number of para-hydroxylation sites is 2. The van der Waals surface area contributed by atoms with Crippen LogP contribution in [0.2, 0.25) is 0 Å². The van der Waals surface area contributed by atoms with E-state index < -0.39 is 11.7 Å². The summed E-state index contributed by atoms with van der Waals surface area (Å²) in [6.07, 6.45) is -3.88. The molecule has 0 radical (unpaired) electrons. The molecule has 2 aromatic rings. The Labute approximate surface area is 125 Å². The largest absolute Gasteiger partial charge is 0.495 e. The van der Waals surface area contributed by atoms with Crippen LogP contribution in [-0.2, 0) is 6.18 Å². The molecule has 0 unspecified atom stereocenters. The van der Waals surface area contributed by atoms with E-state index in [2.05, 4.69) is 9.97 Å². The Balaban J connectivity index is 2.59. The Bertz CT molecular complexity index is 662. The Morgan fingerprint density at radius 2 is 1.77 bits per heavy atom. The van der Waals surface area contributed by atoms with Crippen LogP contribution in [-0.4, -0.2) is 31.2 Å². The van der Waals surface area contributed by atoms with Crippen LogP contribution in [0.25, 0.3) is 0 Å². The first kappa shape index (κ1) is 15.9. The molecule has 1 heterocycles. The van der Waals surface area contributed by atoms with Gasteiger partial charge in [0.2, 0.25) is 0 Å². The van der Waals surface area contributed by atoms with Crippen LogP contribution in [0.3, 0.4) is 0 Å². The minimum atomic E-state index is -4.59. The summed E-state index contributed by atoms with van der Waals surface area (Å²) in [6.45, 7) is 0. The van der Waals surface area contributed by atoms with Crippen LogP contribution in [0.5, 0.6) is 11.8 Å². The standard InChI is InChI=1S/C14H14F3N3O2/c1-20(10-6-4-5-7-11(10)21-2)12-9(14(15,16)17)8-18-13(19-12)22-3/h4-8H,1-3H3. The molecule has 0 saturated carbocycles. The number of alkyl halides is 3. The second kappa shape index (κ2) is 6.08.